The predicted octanol–water partition coefficient (Wildman–Crippen LogP) is 5.20. The number of benzene rings is 2. The number of amides is 1. The summed E-state index contributed by atoms with van der Waals surface area (Å²) in [5.41, 5.74) is 0.281. The highest BCUT2D eigenvalue weighted by Gasteiger charge is 2.30. The van der Waals surface area contributed by atoms with E-state index in [0.717, 1.165) is 17.0 Å². The number of carbonyl (C=O) groups excluding carboxylic acids is 1. The lowest BCUT2D eigenvalue weighted by atomic mass is 10.1. The van der Waals surface area contributed by atoms with Crippen molar-refractivity contribution in [2.75, 3.05) is 17.0 Å². The van der Waals surface area contributed by atoms with E-state index in [2.05, 4.69) is 0 Å². The number of rotatable bonds is 5. The molecule has 0 bridgehead atoms. The Bertz CT molecular complexity index is 721. The zero-order chi connectivity index (χ0) is 17.7. The molecule has 0 aromatic heterocycles. The molecule has 0 saturated heterocycles. The molecule has 2 rings (SSSR count). The Kier molecular flexibility index (Phi) is 6.18. The standard InChI is InChI=1S/C17H15ClF3NOS/c1-24-15-8-3-2-7-14(15)22(16(23)10-18)11-12-5-4-6-13(9-12)17(19,20)21/h2-9H,10-11H2,1H3. The number of hydrogen-bond donors (Lipinski definition) is 0. The highest BCUT2D eigenvalue weighted by molar-refractivity contribution is 7.98. The number of para-hydroxylation sites is 1. The first-order chi connectivity index (χ1) is 11.4. The van der Waals surface area contributed by atoms with Crippen molar-refractivity contribution in [3.05, 3.63) is 59.7 Å². The fourth-order valence-corrected chi connectivity index (χ4v) is 3.01. The summed E-state index contributed by atoms with van der Waals surface area (Å²) in [6.45, 7) is 0.0209. The van der Waals surface area contributed by atoms with Gasteiger partial charge in [0.1, 0.15) is 5.88 Å². The molecule has 2 nitrogen and oxygen atoms in total. The van der Waals surface area contributed by atoms with E-state index < -0.39 is 11.7 Å². The summed E-state index contributed by atoms with van der Waals surface area (Å²) in [4.78, 5) is 14.5. The van der Waals surface area contributed by atoms with Gasteiger partial charge in [-0.05, 0) is 36.1 Å². The minimum absolute atomic E-state index is 0.0209. The van der Waals surface area contributed by atoms with Crippen molar-refractivity contribution >= 4 is 35.0 Å². The second kappa shape index (κ2) is 7.94. The molecule has 0 N–H and O–H groups in total. The minimum Gasteiger partial charge on any atom is -0.306 e. The number of nitrogens with zero attached hydrogens (tertiary/aromatic N) is 1. The number of thioether (sulfide) groups is 1. The molecule has 0 aliphatic heterocycles. The van der Waals surface area contributed by atoms with Crippen LogP contribution in [0.15, 0.2) is 53.4 Å². The van der Waals surface area contributed by atoms with Crippen molar-refractivity contribution < 1.29 is 18.0 Å². The van der Waals surface area contributed by atoms with Gasteiger partial charge in [0.25, 0.3) is 0 Å². The van der Waals surface area contributed by atoms with E-state index in [9.17, 15) is 18.0 Å². The summed E-state index contributed by atoms with van der Waals surface area (Å²) in [7, 11) is 0. The summed E-state index contributed by atoms with van der Waals surface area (Å²) in [5.74, 6) is -0.614. The second-order valence-electron chi connectivity index (χ2n) is 4.98. The SMILES string of the molecule is CSc1ccccc1N(Cc1cccc(C(F)(F)F)c1)C(=O)CCl. The molecule has 1 amide bonds. The molecule has 0 heterocycles. The van der Waals surface area contributed by atoms with Crippen molar-refractivity contribution in [1.29, 1.82) is 0 Å². The Morgan fingerprint density at radius 3 is 2.50 bits per heavy atom. The van der Waals surface area contributed by atoms with Gasteiger partial charge in [-0.15, -0.1) is 23.4 Å². The van der Waals surface area contributed by atoms with Crippen LogP contribution in [0, 0.1) is 0 Å². The summed E-state index contributed by atoms with van der Waals surface area (Å²) in [5, 5.41) is 0. The average Bonchev–Trinajstić information content (AvgIpc) is 2.58. The number of halogens is 4. The van der Waals surface area contributed by atoms with Crippen molar-refractivity contribution in [3.63, 3.8) is 0 Å². The average molecular weight is 374 g/mol. The van der Waals surface area contributed by atoms with Crippen molar-refractivity contribution in [1.82, 2.24) is 0 Å². The largest absolute Gasteiger partial charge is 0.416 e. The molecule has 0 spiro atoms. The topological polar surface area (TPSA) is 20.3 Å². The molecule has 0 radical (unpaired) electrons. The van der Waals surface area contributed by atoms with Gasteiger partial charge >= 0.3 is 6.18 Å². The number of anilines is 1. The van der Waals surface area contributed by atoms with Gasteiger partial charge in [0.05, 0.1) is 17.8 Å². The fourth-order valence-electron chi connectivity index (χ4n) is 2.26. The van der Waals surface area contributed by atoms with Crippen LogP contribution in [-0.4, -0.2) is 18.0 Å². The highest BCUT2D eigenvalue weighted by Crippen LogP contribution is 2.32. The highest BCUT2D eigenvalue weighted by atomic mass is 35.5. The summed E-state index contributed by atoms with van der Waals surface area (Å²) < 4.78 is 38.6. The van der Waals surface area contributed by atoms with Crippen LogP contribution < -0.4 is 4.90 Å². The van der Waals surface area contributed by atoms with Gasteiger partial charge in [0.2, 0.25) is 5.91 Å². The van der Waals surface area contributed by atoms with Gasteiger partial charge < -0.3 is 4.90 Å². The van der Waals surface area contributed by atoms with Crippen LogP contribution in [0.1, 0.15) is 11.1 Å². The molecule has 7 heteroatoms. The van der Waals surface area contributed by atoms with E-state index in [0.29, 0.717) is 11.3 Å². The predicted molar refractivity (Wildman–Crippen MR) is 91.6 cm³/mol. The summed E-state index contributed by atoms with van der Waals surface area (Å²) in [6.07, 6.45) is -2.55. The first kappa shape index (κ1) is 18.7. The maximum Gasteiger partial charge on any atom is 0.416 e. The van der Waals surface area contributed by atoms with Crippen molar-refractivity contribution in [2.45, 2.75) is 17.6 Å². The quantitative estimate of drug-likeness (QED) is 0.530. The number of alkyl halides is 4. The van der Waals surface area contributed by atoms with Crippen LogP contribution in [0.25, 0.3) is 0 Å². The molecule has 0 fully saturated rings. The lowest BCUT2D eigenvalue weighted by Crippen LogP contribution is -2.31. The summed E-state index contributed by atoms with van der Waals surface area (Å²) >= 11 is 7.14. The Balaban J connectivity index is 2.39. The van der Waals surface area contributed by atoms with Gasteiger partial charge in [-0.2, -0.15) is 13.2 Å². The van der Waals surface area contributed by atoms with Crippen molar-refractivity contribution in [3.8, 4) is 0 Å². The zero-order valence-corrected chi connectivity index (χ0v) is 14.4. The Morgan fingerprint density at radius 2 is 1.88 bits per heavy atom. The van der Waals surface area contributed by atoms with Crippen LogP contribution in [-0.2, 0) is 17.5 Å². The lowest BCUT2D eigenvalue weighted by molar-refractivity contribution is -0.137. The smallest absolute Gasteiger partial charge is 0.306 e. The first-order valence-electron chi connectivity index (χ1n) is 7.02. The third-order valence-electron chi connectivity index (χ3n) is 3.39. The number of hydrogen-bond acceptors (Lipinski definition) is 2. The van der Waals surface area contributed by atoms with Gasteiger partial charge in [0, 0.05) is 4.90 Å². The molecular formula is C17H15ClF3NOS. The normalized spacial score (nSPS) is 11.4. The number of carbonyl (C=O) groups is 1. The molecule has 2 aromatic carbocycles. The van der Waals surface area contributed by atoms with Gasteiger partial charge in [0.15, 0.2) is 0 Å². The molecule has 2 aromatic rings. The zero-order valence-electron chi connectivity index (χ0n) is 12.8. The van der Waals surface area contributed by atoms with Gasteiger partial charge in [-0.1, -0.05) is 24.3 Å². The maximum absolute atomic E-state index is 12.9. The summed E-state index contributed by atoms with van der Waals surface area (Å²) in [6, 6.07) is 12.2. The Morgan fingerprint density at radius 1 is 1.17 bits per heavy atom. The first-order valence-corrected chi connectivity index (χ1v) is 8.78. The van der Waals surface area contributed by atoms with Crippen LogP contribution in [0.3, 0.4) is 0 Å². The van der Waals surface area contributed by atoms with Crippen LogP contribution in [0.2, 0.25) is 0 Å². The van der Waals surface area contributed by atoms with Crippen LogP contribution in [0.4, 0.5) is 18.9 Å². The molecular weight excluding hydrogens is 359 g/mol. The second-order valence-corrected chi connectivity index (χ2v) is 6.10. The third kappa shape index (κ3) is 4.45. The Labute approximate surface area is 147 Å². The van der Waals surface area contributed by atoms with E-state index in [4.69, 9.17) is 11.6 Å². The van der Waals surface area contributed by atoms with E-state index in [-0.39, 0.29) is 18.3 Å². The van der Waals surface area contributed by atoms with E-state index >= 15 is 0 Å². The van der Waals surface area contributed by atoms with Crippen LogP contribution in [0.5, 0.6) is 0 Å². The van der Waals surface area contributed by atoms with Crippen LogP contribution >= 0.6 is 23.4 Å². The molecule has 0 aliphatic rings. The molecule has 128 valence electrons. The maximum atomic E-state index is 12.9. The van der Waals surface area contributed by atoms with E-state index in [1.54, 1.807) is 18.2 Å². The Hall–Kier alpha value is -1.66. The molecule has 0 unspecified atom stereocenters. The lowest BCUT2D eigenvalue weighted by Gasteiger charge is -2.24. The van der Waals surface area contributed by atoms with E-state index in [1.807, 2.05) is 18.4 Å². The minimum atomic E-state index is -4.42. The monoisotopic (exact) mass is 373 g/mol. The van der Waals surface area contributed by atoms with Gasteiger partial charge in [-0.25, -0.2) is 0 Å². The third-order valence-corrected chi connectivity index (χ3v) is 4.40. The molecule has 0 atom stereocenters. The van der Waals surface area contributed by atoms with Crippen molar-refractivity contribution in [2.24, 2.45) is 0 Å². The molecule has 0 aliphatic carbocycles. The molecule has 24 heavy (non-hydrogen) atoms. The van der Waals surface area contributed by atoms with Gasteiger partial charge in [-0.3, -0.25) is 4.79 Å². The molecule has 0 saturated carbocycles. The fraction of sp³-hybridized carbons (Fsp3) is 0.235. The van der Waals surface area contributed by atoms with E-state index in [1.165, 1.54) is 22.7 Å².